The summed E-state index contributed by atoms with van der Waals surface area (Å²) in [6.07, 6.45) is 1.75. The summed E-state index contributed by atoms with van der Waals surface area (Å²) in [6, 6.07) is 1.96. The summed E-state index contributed by atoms with van der Waals surface area (Å²) in [6.45, 7) is 3.93. The molecule has 0 aliphatic rings. The summed E-state index contributed by atoms with van der Waals surface area (Å²) < 4.78 is 3.90. The number of rotatable bonds is 1. The molecule has 0 aliphatic carbocycles. The normalized spacial score (nSPS) is 10.7. The van der Waals surface area contributed by atoms with Gasteiger partial charge in [-0.1, -0.05) is 0 Å². The van der Waals surface area contributed by atoms with Gasteiger partial charge < -0.3 is 0 Å². The molecule has 0 fully saturated rings. The third-order valence-corrected chi connectivity index (χ3v) is 4.71. The molecule has 2 aromatic rings. The van der Waals surface area contributed by atoms with Gasteiger partial charge in [0, 0.05) is 11.4 Å². The van der Waals surface area contributed by atoms with Crippen LogP contribution in [0.3, 0.4) is 0 Å². The van der Waals surface area contributed by atoms with E-state index in [0.717, 1.165) is 18.8 Å². The molecule has 0 saturated heterocycles. The van der Waals surface area contributed by atoms with Crippen LogP contribution in [-0.4, -0.2) is 19.5 Å². The predicted octanol–water partition coefficient (Wildman–Crippen LogP) is 2.49. The van der Waals surface area contributed by atoms with Gasteiger partial charge in [0.2, 0.25) is 5.95 Å². The Morgan fingerprint density at radius 3 is 2.20 bits per heavy atom. The van der Waals surface area contributed by atoms with E-state index in [-0.39, 0.29) is 0 Å². The fourth-order valence-corrected chi connectivity index (χ4v) is 2.13. The molecular weight excluding hydrogens is 418 g/mol. The summed E-state index contributed by atoms with van der Waals surface area (Å²) >= 11 is 4.43. The zero-order chi connectivity index (χ0) is 11.0. The Morgan fingerprint density at radius 1 is 1.13 bits per heavy atom. The zero-order valence-electron chi connectivity index (χ0n) is 8.20. The first-order valence-electron chi connectivity index (χ1n) is 4.29. The molecule has 0 aromatic carbocycles. The Morgan fingerprint density at radius 2 is 1.73 bits per heavy atom. The van der Waals surface area contributed by atoms with Crippen LogP contribution in [0, 0.1) is 21.2 Å². The van der Waals surface area contributed by atoms with Crippen molar-refractivity contribution in [3.63, 3.8) is 0 Å². The molecule has 0 atom stereocenters. The largest absolute Gasteiger partial charge is 0.261 e. The maximum Gasteiger partial charge on any atom is 0.236 e. The summed E-state index contributed by atoms with van der Waals surface area (Å²) in [7, 11) is 0. The number of aryl methyl sites for hydroxylation is 2. The van der Waals surface area contributed by atoms with E-state index in [2.05, 4.69) is 60.1 Å². The summed E-state index contributed by atoms with van der Waals surface area (Å²) in [5, 5.41) is 0. The Kier molecular flexibility index (Phi) is 3.24. The molecule has 0 N–H and O–H groups in total. The van der Waals surface area contributed by atoms with Crippen molar-refractivity contribution in [3.8, 4) is 5.95 Å². The van der Waals surface area contributed by atoms with Crippen molar-refractivity contribution in [2.45, 2.75) is 13.8 Å². The van der Waals surface area contributed by atoms with Gasteiger partial charge in [-0.3, -0.25) is 4.57 Å². The quantitative estimate of drug-likeness (QED) is 0.659. The van der Waals surface area contributed by atoms with Gasteiger partial charge in [0.1, 0.15) is 13.7 Å². The first kappa shape index (κ1) is 11.2. The van der Waals surface area contributed by atoms with E-state index in [4.69, 9.17) is 0 Å². The van der Waals surface area contributed by atoms with Crippen molar-refractivity contribution in [2.24, 2.45) is 0 Å². The van der Waals surface area contributed by atoms with Crippen LogP contribution in [0.25, 0.3) is 5.95 Å². The highest BCUT2D eigenvalue weighted by atomic mass is 127. The fraction of sp³-hybridized carbons (Fsp3) is 0.222. The molecule has 0 unspecified atom stereocenters. The van der Waals surface area contributed by atoms with Crippen molar-refractivity contribution in [3.05, 3.63) is 31.2 Å². The average molecular weight is 426 g/mol. The molecular formula is C9H8I2N4. The smallest absolute Gasteiger partial charge is 0.236 e. The molecule has 0 radical (unpaired) electrons. The molecule has 6 heteroatoms. The van der Waals surface area contributed by atoms with E-state index in [0.29, 0.717) is 5.95 Å². The molecule has 0 bridgehead atoms. The van der Waals surface area contributed by atoms with Crippen molar-refractivity contribution in [1.29, 1.82) is 0 Å². The monoisotopic (exact) mass is 426 g/mol. The molecule has 4 nitrogen and oxygen atoms in total. The van der Waals surface area contributed by atoms with Gasteiger partial charge in [0.15, 0.2) is 0 Å². The van der Waals surface area contributed by atoms with Gasteiger partial charge >= 0.3 is 0 Å². The second-order valence-corrected chi connectivity index (χ2v) is 5.19. The van der Waals surface area contributed by atoms with Crippen molar-refractivity contribution in [1.82, 2.24) is 19.5 Å². The molecule has 0 saturated carbocycles. The van der Waals surface area contributed by atoms with E-state index >= 15 is 0 Å². The second kappa shape index (κ2) is 4.32. The number of imidazole rings is 1. The highest BCUT2D eigenvalue weighted by molar-refractivity contribution is 14.1. The van der Waals surface area contributed by atoms with Crippen LogP contribution in [0.4, 0.5) is 0 Å². The van der Waals surface area contributed by atoms with Crippen LogP contribution in [0.2, 0.25) is 0 Å². The van der Waals surface area contributed by atoms with Gasteiger partial charge in [-0.25, -0.2) is 15.0 Å². The van der Waals surface area contributed by atoms with Crippen LogP contribution in [0.15, 0.2) is 12.4 Å². The van der Waals surface area contributed by atoms with Crippen LogP contribution in [0.1, 0.15) is 11.4 Å². The number of hydrogen-bond acceptors (Lipinski definition) is 3. The number of aromatic nitrogens is 4. The van der Waals surface area contributed by atoms with E-state index in [1.54, 1.807) is 6.33 Å². The zero-order valence-corrected chi connectivity index (χ0v) is 12.5. The van der Waals surface area contributed by atoms with E-state index < -0.39 is 0 Å². The number of hydrogen-bond donors (Lipinski definition) is 0. The van der Waals surface area contributed by atoms with Crippen LogP contribution in [-0.2, 0) is 0 Å². The highest BCUT2D eigenvalue weighted by Gasteiger charge is 2.09. The number of halogens is 2. The highest BCUT2D eigenvalue weighted by Crippen LogP contribution is 2.16. The SMILES string of the molecule is Cc1cc(C)nc(-n2cnc(I)c2I)n1. The van der Waals surface area contributed by atoms with E-state index in [1.807, 2.05) is 24.5 Å². The Bertz CT molecular complexity index is 487. The minimum atomic E-state index is 0.687. The van der Waals surface area contributed by atoms with Gasteiger partial charge in [-0.05, 0) is 65.1 Å². The average Bonchev–Trinajstić information content (AvgIpc) is 2.46. The molecule has 2 heterocycles. The minimum absolute atomic E-state index is 0.687. The van der Waals surface area contributed by atoms with Crippen LogP contribution in [0.5, 0.6) is 0 Å². The van der Waals surface area contributed by atoms with E-state index in [9.17, 15) is 0 Å². The maximum atomic E-state index is 4.38. The predicted molar refractivity (Wildman–Crippen MR) is 74.1 cm³/mol. The van der Waals surface area contributed by atoms with Gasteiger partial charge in [-0.15, -0.1) is 0 Å². The van der Waals surface area contributed by atoms with Crippen LogP contribution < -0.4 is 0 Å². The second-order valence-electron chi connectivity index (χ2n) is 3.15. The fourth-order valence-electron chi connectivity index (χ4n) is 1.27. The first-order chi connectivity index (χ1) is 7.08. The Balaban J connectivity index is 2.58. The van der Waals surface area contributed by atoms with Gasteiger partial charge in [0.25, 0.3) is 0 Å². The number of nitrogens with zero attached hydrogens (tertiary/aromatic N) is 4. The molecule has 2 rings (SSSR count). The summed E-state index contributed by atoms with van der Waals surface area (Å²) in [5.41, 5.74) is 1.94. The molecule has 0 spiro atoms. The Hall–Kier alpha value is -0.250. The standard InChI is InChI=1S/C9H8I2N4/c1-5-3-6(2)14-9(13-5)15-4-12-7(10)8(15)11/h3-4H,1-2H3. The van der Waals surface area contributed by atoms with E-state index in [1.165, 1.54) is 0 Å². The van der Waals surface area contributed by atoms with Gasteiger partial charge in [-0.2, -0.15) is 0 Å². The lowest BCUT2D eigenvalue weighted by molar-refractivity contribution is 0.878. The molecule has 15 heavy (non-hydrogen) atoms. The van der Waals surface area contributed by atoms with Crippen molar-refractivity contribution < 1.29 is 0 Å². The summed E-state index contributed by atoms with van der Waals surface area (Å²) in [4.78, 5) is 13.0. The minimum Gasteiger partial charge on any atom is -0.261 e. The van der Waals surface area contributed by atoms with Gasteiger partial charge in [0.05, 0.1) is 0 Å². The maximum absolute atomic E-state index is 4.38. The molecule has 0 amide bonds. The third kappa shape index (κ3) is 2.30. The first-order valence-corrected chi connectivity index (χ1v) is 6.44. The Labute approximate surface area is 115 Å². The van der Waals surface area contributed by atoms with Crippen molar-refractivity contribution in [2.75, 3.05) is 0 Å². The molecule has 78 valence electrons. The molecule has 0 aliphatic heterocycles. The van der Waals surface area contributed by atoms with Crippen molar-refractivity contribution >= 4 is 45.2 Å². The summed E-state index contributed by atoms with van der Waals surface area (Å²) in [5.74, 6) is 0.687. The van der Waals surface area contributed by atoms with Crippen LogP contribution >= 0.6 is 45.2 Å². The lowest BCUT2D eigenvalue weighted by Gasteiger charge is -2.04. The topological polar surface area (TPSA) is 43.6 Å². The third-order valence-electron chi connectivity index (χ3n) is 1.85. The lowest BCUT2D eigenvalue weighted by Crippen LogP contribution is -2.04. The molecule has 2 aromatic heterocycles. The lowest BCUT2D eigenvalue weighted by atomic mass is 10.4.